The summed E-state index contributed by atoms with van der Waals surface area (Å²) in [7, 11) is 3.46. The minimum Gasteiger partial charge on any atom is -0.367 e. The van der Waals surface area contributed by atoms with Gasteiger partial charge in [0.05, 0.1) is 5.56 Å². The number of aromatic nitrogens is 1. The van der Waals surface area contributed by atoms with Crippen LogP contribution in [0.25, 0.3) is 0 Å². The first-order valence-corrected chi connectivity index (χ1v) is 6.87. The normalized spacial score (nSPS) is 12.0. The molecule has 5 heteroatoms. The number of nitrogens with one attached hydrogen (secondary N) is 1. The van der Waals surface area contributed by atoms with Crippen LogP contribution < -0.4 is 5.32 Å². The van der Waals surface area contributed by atoms with Gasteiger partial charge in [0.25, 0.3) is 5.91 Å². The third-order valence-corrected chi connectivity index (χ3v) is 3.06. The van der Waals surface area contributed by atoms with Gasteiger partial charge in [-0.1, -0.05) is 0 Å². The number of amides is 1. The van der Waals surface area contributed by atoms with Crippen molar-refractivity contribution in [2.75, 3.05) is 31.4 Å². The molecule has 1 rings (SSSR count). The van der Waals surface area contributed by atoms with Crippen molar-refractivity contribution in [1.82, 2.24) is 9.88 Å². The lowest BCUT2D eigenvalue weighted by Gasteiger charge is -2.14. The molecule has 1 heterocycles. The number of carbonyl (C=O) groups is 1. The van der Waals surface area contributed by atoms with E-state index in [-0.39, 0.29) is 5.91 Å². The molecule has 0 aliphatic heterocycles. The minimum absolute atomic E-state index is 0.0267. The minimum atomic E-state index is -0.0267. The fraction of sp³-hybridized carbons (Fsp3) is 0.500. The van der Waals surface area contributed by atoms with Crippen LogP contribution in [0, 0.1) is 0 Å². The molecule has 0 bridgehead atoms. The summed E-state index contributed by atoms with van der Waals surface area (Å²) in [5.41, 5.74) is 0.609. The van der Waals surface area contributed by atoms with Gasteiger partial charge in [-0.05, 0) is 25.3 Å². The van der Waals surface area contributed by atoms with Crippen molar-refractivity contribution in [2.45, 2.75) is 13.0 Å². The quantitative estimate of drug-likeness (QED) is 0.871. The zero-order chi connectivity index (χ0) is 12.8. The summed E-state index contributed by atoms with van der Waals surface area (Å²) < 4.78 is 0. The second kappa shape index (κ2) is 6.49. The Kier molecular flexibility index (Phi) is 5.28. The first-order chi connectivity index (χ1) is 8.04. The monoisotopic (exact) mass is 253 g/mol. The van der Waals surface area contributed by atoms with Crippen LogP contribution in [0.15, 0.2) is 18.3 Å². The molecule has 1 unspecified atom stereocenters. The summed E-state index contributed by atoms with van der Waals surface area (Å²) in [5.74, 6) is 1.81. The van der Waals surface area contributed by atoms with Crippen LogP contribution in [-0.4, -0.2) is 47.9 Å². The zero-order valence-corrected chi connectivity index (χ0v) is 11.5. The molecule has 1 atom stereocenters. The van der Waals surface area contributed by atoms with Crippen LogP contribution in [0.1, 0.15) is 17.3 Å². The maximum absolute atomic E-state index is 11.6. The standard InChI is InChI=1S/C12H19N3OS/c1-9(8-17-4)14-11-6-5-10(7-13-11)12(16)15(2)3/h5-7,9H,8H2,1-4H3,(H,13,14). The average Bonchev–Trinajstić information content (AvgIpc) is 2.29. The highest BCUT2D eigenvalue weighted by molar-refractivity contribution is 7.98. The lowest BCUT2D eigenvalue weighted by atomic mass is 10.2. The van der Waals surface area contributed by atoms with Gasteiger partial charge in [-0.3, -0.25) is 4.79 Å². The van der Waals surface area contributed by atoms with Crippen LogP contribution in [0.2, 0.25) is 0 Å². The number of pyridine rings is 1. The van der Waals surface area contributed by atoms with E-state index in [4.69, 9.17) is 0 Å². The fourth-order valence-corrected chi connectivity index (χ4v) is 1.99. The Morgan fingerprint density at radius 2 is 2.24 bits per heavy atom. The predicted octanol–water partition coefficient (Wildman–Crippen LogP) is 1.95. The number of thioether (sulfide) groups is 1. The van der Waals surface area contributed by atoms with Gasteiger partial charge in [-0.25, -0.2) is 4.98 Å². The number of rotatable bonds is 5. The Labute approximate surface area is 107 Å². The molecule has 1 aromatic rings. The molecule has 0 aromatic carbocycles. The number of anilines is 1. The first kappa shape index (κ1) is 13.8. The molecule has 94 valence electrons. The molecular weight excluding hydrogens is 234 g/mol. The van der Waals surface area contributed by atoms with E-state index in [2.05, 4.69) is 23.5 Å². The molecule has 1 aromatic heterocycles. The summed E-state index contributed by atoms with van der Waals surface area (Å²) in [5, 5.41) is 3.28. The highest BCUT2D eigenvalue weighted by atomic mass is 32.2. The third-order valence-electron chi connectivity index (χ3n) is 2.23. The van der Waals surface area contributed by atoms with E-state index in [0.29, 0.717) is 11.6 Å². The Morgan fingerprint density at radius 3 is 2.71 bits per heavy atom. The van der Waals surface area contributed by atoms with Gasteiger partial charge in [-0.2, -0.15) is 11.8 Å². The van der Waals surface area contributed by atoms with Crippen LogP contribution in [0.4, 0.5) is 5.82 Å². The molecule has 1 amide bonds. The molecule has 0 saturated heterocycles. The van der Waals surface area contributed by atoms with E-state index in [1.54, 1.807) is 43.0 Å². The van der Waals surface area contributed by atoms with Crippen molar-refractivity contribution in [3.63, 3.8) is 0 Å². The summed E-state index contributed by atoms with van der Waals surface area (Å²) in [4.78, 5) is 17.4. The van der Waals surface area contributed by atoms with Crippen molar-refractivity contribution >= 4 is 23.5 Å². The van der Waals surface area contributed by atoms with Crippen molar-refractivity contribution in [3.05, 3.63) is 23.9 Å². The van der Waals surface area contributed by atoms with E-state index in [1.807, 2.05) is 6.07 Å². The summed E-state index contributed by atoms with van der Waals surface area (Å²) in [6.45, 7) is 2.11. The van der Waals surface area contributed by atoms with Gasteiger partial charge in [0, 0.05) is 32.1 Å². The van der Waals surface area contributed by atoms with Gasteiger partial charge < -0.3 is 10.2 Å². The Balaban J connectivity index is 2.65. The molecule has 0 aliphatic rings. The third kappa shape index (κ3) is 4.26. The van der Waals surface area contributed by atoms with Gasteiger partial charge in [0.1, 0.15) is 5.82 Å². The molecule has 0 radical (unpaired) electrons. The number of hydrogen-bond acceptors (Lipinski definition) is 4. The zero-order valence-electron chi connectivity index (χ0n) is 10.7. The first-order valence-electron chi connectivity index (χ1n) is 5.47. The molecule has 0 saturated carbocycles. The average molecular weight is 253 g/mol. The van der Waals surface area contributed by atoms with Gasteiger partial charge in [-0.15, -0.1) is 0 Å². The Morgan fingerprint density at radius 1 is 1.53 bits per heavy atom. The molecule has 17 heavy (non-hydrogen) atoms. The molecule has 0 spiro atoms. The predicted molar refractivity (Wildman–Crippen MR) is 73.7 cm³/mol. The largest absolute Gasteiger partial charge is 0.367 e. The smallest absolute Gasteiger partial charge is 0.254 e. The van der Waals surface area contributed by atoms with Crippen LogP contribution in [0.5, 0.6) is 0 Å². The van der Waals surface area contributed by atoms with E-state index in [0.717, 1.165) is 11.6 Å². The maximum Gasteiger partial charge on any atom is 0.254 e. The molecule has 0 fully saturated rings. The lowest BCUT2D eigenvalue weighted by Crippen LogP contribution is -2.22. The summed E-state index contributed by atoms with van der Waals surface area (Å²) in [6.07, 6.45) is 3.68. The second-order valence-electron chi connectivity index (χ2n) is 4.13. The van der Waals surface area contributed by atoms with E-state index < -0.39 is 0 Å². The number of nitrogens with zero attached hydrogens (tertiary/aromatic N) is 2. The van der Waals surface area contributed by atoms with Crippen molar-refractivity contribution < 1.29 is 4.79 Å². The van der Waals surface area contributed by atoms with Crippen molar-refractivity contribution in [2.24, 2.45) is 0 Å². The van der Waals surface area contributed by atoms with Gasteiger partial charge in [0.15, 0.2) is 0 Å². The highest BCUT2D eigenvalue weighted by Crippen LogP contribution is 2.09. The molecule has 1 N–H and O–H groups in total. The highest BCUT2D eigenvalue weighted by Gasteiger charge is 2.08. The lowest BCUT2D eigenvalue weighted by molar-refractivity contribution is 0.0827. The molecular formula is C12H19N3OS. The molecule has 0 aliphatic carbocycles. The molecule has 4 nitrogen and oxygen atoms in total. The SMILES string of the molecule is CSCC(C)Nc1ccc(C(=O)N(C)C)cn1. The maximum atomic E-state index is 11.6. The van der Waals surface area contributed by atoms with E-state index in [9.17, 15) is 4.79 Å². The second-order valence-corrected chi connectivity index (χ2v) is 5.04. The van der Waals surface area contributed by atoms with Gasteiger partial charge in [0.2, 0.25) is 0 Å². The van der Waals surface area contributed by atoms with Crippen molar-refractivity contribution in [3.8, 4) is 0 Å². The van der Waals surface area contributed by atoms with Crippen LogP contribution in [0.3, 0.4) is 0 Å². The van der Waals surface area contributed by atoms with Crippen molar-refractivity contribution in [1.29, 1.82) is 0 Å². The number of hydrogen-bond donors (Lipinski definition) is 1. The fourth-order valence-electron chi connectivity index (χ4n) is 1.41. The Bertz CT molecular complexity index is 365. The Hall–Kier alpha value is -1.23. The van der Waals surface area contributed by atoms with E-state index >= 15 is 0 Å². The summed E-state index contributed by atoms with van der Waals surface area (Å²) in [6, 6.07) is 4.00. The van der Waals surface area contributed by atoms with Crippen LogP contribution >= 0.6 is 11.8 Å². The topological polar surface area (TPSA) is 45.2 Å². The van der Waals surface area contributed by atoms with Gasteiger partial charge >= 0.3 is 0 Å². The van der Waals surface area contributed by atoms with E-state index in [1.165, 1.54) is 0 Å². The summed E-state index contributed by atoms with van der Waals surface area (Å²) >= 11 is 1.79. The number of carbonyl (C=O) groups excluding carboxylic acids is 1. The van der Waals surface area contributed by atoms with Crippen LogP contribution in [-0.2, 0) is 0 Å².